The first-order chi connectivity index (χ1) is 14.5. The number of pyridine rings is 1. The molecule has 0 spiro atoms. The van der Waals surface area contributed by atoms with Gasteiger partial charge in [-0.15, -0.1) is 0 Å². The fraction of sp³-hybridized carbons (Fsp3) is 0.368. The van der Waals surface area contributed by atoms with Crippen LogP contribution in [0.1, 0.15) is 28.8 Å². The molecule has 7 nitrogen and oxygen atoms in total. The Kier molecular flexibility index (Phi) is 6.90. The second-order valence-corrected chi connectivity index (χ2v) is 7.89. The number of alkyl halides is 3. The third kappa shape index (κ3) is 5.76. The van der Waals surface area contributed by atoms with E-state index >= 15 is 0 Å². The highest BCUT2D eigenvalue weighted by Gasteiger charge is 2.32. The third-order valence-electron chi connectivity index (χ3n) is 5.00. The van der Waals surface area contributed by atoms with Crippen LogP contribution in [0.3, 0.4) is 0 Å². The fourth-order valence-electron chi connectivity index (χ4n) is 3.31. The topological polar surface area (TPSA) is 88.4 Å². The summed E-state index contributed by atoms with van der Waals surface area (Å²) in [6.07, 6.45) is -3.30. The molecule has 0 radical (unpaired) electrons. The number of amides is 1. The van der Waals surface area contributed by atoms with E-state index in [4.69, 9.17) is 23.2 Å². The Morgan fingerprint density at radius 2 is 1.90 bits per heavy atom. The van der Waals surface area contributed by atoms with Gasteiger partial charge in [0.2, 0.25) is 0 Å². The first-order valence-electron chi connectivity index (χ1n) is 9.26. The van der Waals surface area contributed by atoms with Gasteiger partial charge in [0, 0.05) is 31.8 Å². The van der Waals surface area contributed by atoms with Crippen molar-refractivity contribution in [2.24, 2.45) is 5.92 Å². The molecule has 3 rings (SSSR count). The number of carbonyl (C=O) groups is 1. The van der Waals surface area contributed by atoms with E-state index in [0.717, 1.165) is 18.2 Å². The van der Waals surface area contributed by atoms with Crippen molar-refractivity contribution in [2.75, 3.05) is 24.5 Å². The quantitative estimate of drug-likeness (QED) is 0.374. The summed E-state index contributed by atoms with van der Waals surface area (Å²) in [4.78, 5) is 28.4. The summed E-state index contributed by atoms with van der Waals surface area (Å²) < 4.78 is 39.0. The fourth-order valence-corrected chi connectivity index (χ4v) is 3.72. The lowest BCUT2D eigenvalue weighted by atomic mass is 9.96. The predicted molar refractivity (Wildman–Crippen MR) is 110 cm³/mol. The summed E-state index contributed by atoms with van der Waals surface area (Å²) in [5, 5.41) is 13.5. The summed E-state index contributed by atoms with van der Waals surface area (Å²) in [5.41, 5.74) is -1.09. The predicted octanol–water partition coefficient (Wildman–Crippen LogP) is 4.96. The Bertz CT molecular complexity index is 996. The minimum Gasteiger partial charge on any atom is -0.357 e. The number of halogens is 5. The summed E-state index contributed by atoms with van der Waals surface area (Å²) in [7, 11) is 0. The van der Waals surface area contributed by atoms with Crippen molar-refractivity contribution in [3.05, 3.63) is 61.7 Å². The molecule has 166 valence electrons. The average Bonchev–Trinajstić information content (AvgIpc) is 2.71. The summed E-state index contributed by atoms with van der Waals surface area (Å²) in [6, 6.07) is 5.37. The number of nitro benzene ring substituents is 1. The maximum absolute atomic E-state index is 13.0. The van der Waals surface area contributed by atoms with Gasteiger partial charge >= 0.3 is 6.18 Å². The lowest BCUT2D eigenvalue weighted by Gasteiger charge is -2.33. The molecule has 1 fully saturated rings. The van der Waals surface area contributed by atoms with Gasteiger partial charge in [0.05, 0.1) is 21.1 Å². The molecule has 1 saturated heterocycles. The van der Waals surface area contributed by atoms with Crippen LogP contribution in [-0.4, -0.2) is 35.4 Å². The lowest BCUT2D eigenvalue weighted by molar-refractivity contribution is -0.384. The summed E-state index contributed by atoms with van der Waals surface area (Å²) >= 11 is 11.7. The van der Waals surface area contributed by atoms with Crippen molar-refractivity contribution in [2.45, 2.75) is 19.0 Å². The van der Waals surface area contributed by atoms with E-state index in [0.29, 0.717) is 32.5 Å². The number of nitrogens with one attached hydrogen (secondary N) is 1. The van der Waals surface area contributed by atoms with Crippen LogP contribution in [0.2, 0.25) is 10.2 Å². The molecule has 1 amide bonds. The number of piperidine rings is 1. The Morgan fingerprint density at radius 3 is 2.52 bits per heavy atom. The van der Waals surface area contributed by atoms with E-state index in [1.807, 2.05) is 0 Å². The van der Waals surface area contributed by atoms with E-state index in [1.165, 1.54) is 12.1 Å². The molecule has 0 atom stereocenters. The first kappa shape index (κ1) is 23.1. The molecule has 0 aliphatic carbocycles. The Hall–Kier alpha value is -2.59. The molecule has 12 heteroatoms. The van der Waals surface area contributed by atoms with E-state index in [1.54, 1.807) is 4.90 Å². The monoisotopic (exact) mass is 476 g/mol. The minimum atomic E-state index is -4.52. The van der Waals surface area contributed by atoms with Gasteiger partial charge in [-0.1, -0.05) is 23.2 Å². The molecule has 31 heavy (non-hydrogen) atoms. The second-order valence-electron chi connectivity index (χ2n) is 7.10. The van der Waals surface area contributed by atoms with Crippen LogP contribution in [0, 0.1) is 16.0 Å². The molecule has 1 aliphatic heterocycles. The first-order valence-corrected chi connectivity index (χ1v) is 10.0. The standard InChI is InChI=1S/C19H17Cl2F3N4O3/c20-15-2-1-13(28(30)31)9-14(15)18(29)25-10-11-3-5-27(6-4-11)17-8-12(19(22,23)24)7-16(21)26-17/h1-2,7-9,11H,3-6,10H2,(H,25,29). The van der Waals surface area contributed by atoms with Crippen molar-refractivity contribution in [3.8, 4) is 0 Å². The molecule has 0 saturated carbocycles. The van der Waals surface area contributed by atoms with Crippen LogP contribution in [-0.2, 0) is 6.18 Å². The zero-order valence-electron chi connectivity index (χ0n) is 16.0. The smallest absolute Gasteiger partial charge is 0.357 e. The lowest BCUT2D eigenvalue weighted by Crippen LogP contribution is -2.39. The van der Waals surface area contributed by atoms with Gasteiger partial charge in [0.15, 0.2) is 0 Å². The van der Waals surface area contributed by atoms with Crippen molar-refractivity contribution in [1.29, 1.82) is 0 Å². The van der Waals surface area contributed by atoms with Crippen LogP contribution in [0.15, 0.2) is 30.3 Å². The van der Waals surface area contributed by atoms with E-state index in [-0.39, 0.29) is 33.2 Å². The van der Waals surface area contributed by atoms with E-state index in [2.05, 4.69) is 10.3 Å². The van der Waals surface area contributed by atoms with E-state index in [9.17, 15) is 28.1 Å². The zero-order valence-corrected chi connectivity index (χ0v) is 17.5. The number of non-ortho nitro benzene ring substituents is 1. The Morgan fingerprint density at radius 1 is 1.23 bits per heavy atom. The van der Waals surface area contributed by atoms with Crippen molar-refractivity contribution in [1.82, 2.24) is 10.3 Å². The molecule has 0 unspecified atom stereocenters. The van der Waals surface area contributed by atoms with Crippen molar-refractivity contribution < 1.29 is 22.9 Å². The molecule has 1 aromatic heterocycles. The molecule has 1 N–H and O–H groups in total. The van der Waals surface area contributed by atoms with Gasteiger partial charge in [-0.05, 0) is 37.0 Å². The van der Waals surface area contributed by atoms with Crippen LogP contribution < -0.4 is 10.2 Å². The highest BCUT2D eigenvalue weighted by molar-refractivity contribution is 6.34. The molecule has 1 aliphatic rings. The van der Waals surface area contributed by atoms with Crippen LogP contribution in [0.25, 0.3) is 0 Å². The van der Waals surface area contributed by atoms with Crippen molar-refractivity contribution >= 4 is 40.6 Å². The normalized spacial score (nSPS) is 15.1. The Labute approximate surface area is 185 Å². The molecular formula is C19H17Cl2F3N4O3. The van der Waals surface area contributed by atoms with Crippen LogP contribution in [0.4, 0.5) is 24.7 Å². The van der Waals surface area contributed by atoms with Crippen LogP contribution >= 0.6 is 23.2 Å². The maximum atomic E-state index is 13.0. The average molecular weight is 477 g/mol. The number of benzene rings is 1. The van der Waals surface area contributed by atoms with Crippen molar-refractivity contribution in [3.63, 3.8) is 0 Å². The number of hydrogen-bond acceptors (Lipinski definition) is 5. The number of hydrogen-bond donors (Lipinski definition) is 1. The number of nitro groups is 1. The minimum absolute atomic E-state index is 0.0103. The molecule has 2 aromatic rings. The number of rotatable bonds is 5. The summed E-state index contributed by atoms with van der Waals surface area (Å²) in [6.45, 7) is 1.20. The van der Waals surface area contributed by atoms with Gasteiger partial charge in [-0.25, -0.2) is 4.98 Å². The number of carbonyl (C=O) groups excluding carboxylic acids is 1. The van der Waals surface area contributed by atoms with E-state index < -0.39 is 22.6 Å². The summed E-state index contributed by atoms with van der Waals surface area (Å²) in [5.74, 6) is -0.285. The zero-order chi connectivity index (χ0) is 22.8. The molecule has 2 heterocycles. The highest BCUT2D eigenvalue weighted by atomic mass is 35.5. The largest absolute Gasteiger partial charge is 0.416 e. The molecular weight excluding hydrogens is 460 g/mol. The van der Waals surface area contributed by atoms with Gasteiger partial charge in [-0.3, -0.25) is 14.9 Å². The molecule has 0 bridgehead atoms. The van der Waals surface area contributed by atoms with Crippen LogP contribution in [0.5, 0.6) is 0 Å². The van der Waals surface area contributed by atoms with Gasteiger partial charge < -0.3 is 10.2 Å². The van der Waals surface area contributed by atoms with Gasteiger partial charge in [0.1, 0.15) is 11.0 Å². The number of aromatic nitrogens is 1. The Balaban J connectivity index is 1.58. The van der Waals surface area contributed by atoms with Gasteiger partial charge in [0.25, 0.3) is 11.6 Å². The van der Waals surface area contributed by atoms with Gasteiger partial charge in [-0.2, -0.15) is 13.2 Å². The highest BCUT2D eigenvalue weighted by Crippen LogP contribution is 2.33. The second kappa shape index (κ2) is 9.27. The third-order valence-corrected chi connectivity index (χ3v) is 5.53. The maximum Gasteiger partial charge on any atom is 0.416 e. The molecule has 1 aromatic carbocycles. The number of anilines is 1. The number of nitrogens with zero attached hydrogens (tertiary/aromatic N) is 3. The SMILES string of the molecule is O=C(NCC1CCN(c2cc(C(F)(F)F)cc(Cl)n2)CC1)c1cc([N+](=O)[O-])ccc1Cl.